The molecule has 0 saturated heterocycles. The van der Waals surface area contributed by atoms with Gasteiger partial charge in [0.25, 0.3) is 0 Å². The average molecular weight is 631 g/mol. The number of nitrogen functional groups attached to an aromatic ring is 1. The van der Waals surface area contributed by atoms with Crippen LogP contribution in [0.5, 0.6) is 5.75 Å². The summed E-state index contributed by atoms with van der Waals surface area (Å²) in [5.41, 5.74) is 15.5. The molecule has 0 amide bonds. The normalized spacial score (nSPS) is 11.8. The van der Waals surface area contributed by atoms with Crippen molar-refractivity contribution in [2.75, 3.05) is 5.73 Å². The van der Waals surface area contributed by atoms with Crippen molar-refractivity contribution in [1.29, 1.82) is 0 Å². The molecule has 10 rings (SSSR count). The van der Waals surface area contributed by atoms with Crippen LogP contribution in [0, 0.1) is 0 Å². The zero-order valence-corrected chi connectivity index (χ0v) is 26.6. The quantitative estimate of drug-likeness (QED) is 0.193. The number of para-hydroxylation sites is 2. The number of ether oxygens (including phenoxy) is 1. The minimum absolute atomic E-state index is 0.354. The van der Waals surface area contributed by atoms with Gasteiger partial charge in [-0.1, -0.05) is 127 Å². The first-order valence-corrected chi connectivity index (χ1v) is 16.6. The minimum Gasteiger partial charge on any atom is -0.486 e. The summed E-state index contributed by atoms with van der Waals surface area (Å²) < 4.78 is 15.6. The maximum atomic E-state index is 6.68. The molecule has 10 aromatic rings. The highest BCUT2D eigenvalue weighted by Crippen LogP contribution is 2.43. The van der Waals surface area contributed by atoms with Crippen molar-refractivity contribution < 1.29 is 9.15 Å². The van der Waals surface area contributed by atoms with Crippen LogP contribution in [0.2, 0.25) is 0 Å². The molecule has 0 aliphatic heterocycles. The number of hydrogen-bond acceptors (Lipinski definition) is 3. The van der Waals surface area contributed by atoms with Crippen LogP contribution < -0.4 is 10.5 Å². The lowest BCUT2D eigenvalue weighted by Crippen LogP contribution is -2.02. The van der Waals surface area contributed by atoms with Crippen LogP contribution in [0.4, 0.5) is 5.69 Å². The Labute approximate surface area is 282 Å². The number of benzene rings is 8. The Hall–Kier alpha value is -6.52. The van der Waals surface area contributed by atoms with E-state index in [1.54, 1.807) is 0 Å². The van der Waals surface area contributed by atoms with Gasteiger partial charge in [0, 0.05) is 27.1 Å². The van der Waals surface area contributed by atoms with Crippen LogP contribution in [0.3, 0.4) is 0 Å². The second-order valence-corrected chi connectivity index (χ2v) is 12.6. The van der Waals surface area contributed by atoms with Crippen LogP contribution in [-0.2, 0) is 6.61 Å². The van der Waals surface area contributed by atoms with Crippen molar-refractivity contribution in [1.82, 2.24) is 4.57 Å². The second-order valence-electron chi connectivity index (χ2n) is 12.6. The van der Waals surface area contributed by atoms with E-state index in [0.29, 0.717) is 18.0 Å². The van der Waals surface area contributed by atoms with E-state index in [1.165, 1.54) is 32.6 Å². The van der Waals surface area contributed by atoms with Crippen molar-refractivity contribution in [2.24, 2.45) is 0 Å². The van der Waals surface area contributed by atoms with E-state index in [9.17, 15) is 0 Å². The van der Waals surface area contributed by atoms with Gasteiger partial charge in [0.2, 0.25) is 0 Å². The van der Waals surface area contributed by atoms with Gasteiger partial charge < -0.3 is 19.5 Å². The average Bonchev–Trinajstić information content (AvgIpc) is 3.71. The molecular formula is C45H30N2O2. The fourth-order valence-corrected chi connectivity index (χ4v) is 7.69. The molecule has 0 saturated carbocycles. The van der Waals surface area contributed by atoms with Crippen molar-refractivity contribution in [3.63, 3.8) is 0 Å². The summed E-state index contributed by atoms with van der Waals surface area (Å²) in [7, 11) is 0. The first-order valence-electron chi connectivity index (χ1n) is 16.6. The van der Waals surface area contributed by atoms with Crippen molar-refractivity contribution in [3.05, 3.63) is 163 Å². The summed E-state index contributed by atoms with van der Waals surface area (Å²) in [4.78, 5) is 0. The van der Waals surface area contributed by atoms with Crippen LogP contribution in [0.25, 0.3) is 82.1 Å². The molecule has 8 aromatic carbocycles. The summed E-state index contributed by atoms with van der Waals surface area (Å²) in [5, 5.41) is 9.20. The van der Waals surface area contributed by atoms with Crippen LogP contribution in [-0.4, -0.2) is 4.57 Å². The summed E-state index contributed by atoms with van der Waals surface area (Å²) in [6.07, 6.45) is 0. The van der Waals surface area contributed by atoms with Crippen molar-refractivity contribution in [2.45, 2.75) is 6.61 Å². The molecule has 49 heavy (non-hydrogen) atoms. The number of furan rings is 1. The molecular weight excluding hydrogens is 601 g/mol. The molecule has 2 N–H and O–H groups in total. The highest BCUT2D eigenvalue weighted by molar-refractivity contribution is 6.22. The maximum absolute atomic E-state index is 6.68. The highest BCUT2D eigenvalue weighted by atomic mass is 16.5. The first-order chi connectivity index (χ1) is 24.2. The van der Waals surface area contributed by atoms with Gasteiger partial charge in [-0.15, -0.1) is 0 Å². The zero-order chi connectivity index (χ0) is 32.5. The van der Waals surface area contributed by atoms with Crippen molar-refractivity contribution in [3.8, 4) is 22.6 Å². The van der Waals surface area contributed by atoms with E-state index in [-0.39, 0.29) is 0 Å². The van der Waals surface area contributed by atoms with Gasteiger partial charge in [-0.3, -0.25) is 0 Å². The molecule has 0 aliphatic rings. The molecule has 232 valence electrons. The molecule has 4 nitrogen and oxygen atoms in total. The number of hydrogen-bond donors (Lipinski definition) is 1. The van der Waals surface area contributed by atoms with Crippen LogP contribution in [0.1, 0.15) is 5.56 Å². The molecule has 0 radical (unpaired) electrons. The van der Waals surface area contributed by atoms with E-state index in [2.05, 4.69) is 132 Å². The third-order valence-corrected chi connectivity index (χ3v) is 9.90. The van der Waals surface area contributed by atoms with E-state index in [4.69, 9.17) is 14.9 Å². The Morgan fingerprint density at radius 3 is 2.14 bits per heavy atom. The van der Waals surface area contributed by atoms with E-state index < -0.39 is 0 Å². The van der Waals surface area contributed by atoms with E-state index in [1.807, 2.05) is 30.3 Å². The van der Waals surface area contributed by atoms with Gasteiger partial charge in [-0.25, -0.2) is 0 Å². The Morgan fingerprint density at radius 2 is 1.27 bits per heavy atom. The number of aromatic nitrogens is 1. The number of nitrogens with zero attached hydrogens (tertiary/aromatic N) is 1. The van der Waals surface area contributed by atoms with Crippen molar-refractivity contribution >= 4 is 71.0 Å². The Kier molecular flexibility index (Phi) is 6.06. The largest absolute Gasteiger partial charge is 0.486 e. The Bertz CT molecular complexity index is 2900. The van der Waals surface area contributed by atoms with Crippen LogP contribution in [0.15, 0.2) is 162 Å². The predicted molar refractivity (Wildman–Crippen MR) is 204 cm³/mol. The fraction of sp³-hybridized carbons (Fsp3) is 0.0222. The monoisotopic (exact) mass is 630 g/mol. The van der Waals surface area contributed by atoms with E-state index >= 15 is 0 Å². The first kappa shape index (κ1) is 27.6. The maximum Gasteiger partial charge on any atom is 0.154 e. The topological polar surface area (TPSA) is 53.3 Å². The van der Waals surface area contributed by atoms with Gasteiger partial charge in [0.15, 0.2) is 5.75 Å². The molecule has 2 heterocycles. The fourth-order valence-electron chi connectivity index (χ4n) is 7.69. The predicted octanol–water partition coefficient (Wildman–Crippen LogP) is 11.8. The van der Waals surface area contributed by atoms with Gasteiger partial charge in [-0.2, -0.15) is 0 Å². The summed E-state index contributed by atoms with van der Waals surface area (Å²) in [6, 6.07) is 55.2. The molecule has 0 aliphatic carbocycles. The third-order valence-electron chi connectivity index (χ3n) is 9.90. The molecule has 0 fully saturated rings. The molecule has 4 heteroatoms. The second kappa shape index (κ2) is 10.8. The Balaban J connectivity index is 1.11. The number of nitrogens with two attached hydrogens (primary N) is 1. The SMILES string of the molecule is Nc1ccc2oc3c(-c4ccccc4)cccc3c2c1OCc1ccc(-n2c3ccccc3c3c4ccccc4ccc32)c2ccccc12. The lowest BCUT2D eigenvalue weighted by atomic mass is 10.0. The lowest BCUT2D eigenvalue weighted by molar-refractivity contribution is 0.313. The number of anilines is 1. The van der Waals surface area contributed by atoms with E-state index in [0.717, 1.165) is 55.1 Å². The molecule has 2 aromatic heterocycles. The molecule has 0 atom stereocenters. The summed E-state index contributed by atoms with van der Waals surface area (Å²) in [5.74, 6) is 0.642. The smallest absolute Gasteiger partial charge is 0.154 e. The number of fused-ring (bicyclic) bond motifs is 9. The molecule has 0 unspecified atom stereocenters. The molecule has 0 spiro atoms. The third kappa shape index (κ3) is 4.17. The minimum atomic E-state index is 0.354. The standard InChI is InChI=1S/C45H30N2O2/c46-37-23-26-41-43(36-19-10-18-33(44(36)49-41)28-11-2-1-3-12-28)45(37)48-27-30-22-24-39(34-16-7-6-14-31(30)34)47-38-20-9-8-17-35(38)42-32-15-5-4-13-29(32)21-25-40(42)47/h1-26H,27,46H2. The lowest BCUT2D eigenvalue weighted by Gasteiger charge is -2.16. The van der Waals surface area contributed by atoms with Gasteiger partial charge in [0.1, 0.15) is 17.8 Å². The number of rotatable bonds is 5. The van der Waals surface area contributed by atoms with Gasteiger partial charge in [-0.05, 0) is 57.6 Å². The summed E-state index contributed by atoms with van der Waals surface area (Å²) in [6.45, 7) is 0.354. The van der Waals surface area contributed by atoms with Crippen LogP contribution >= 0.6 is 0 Å². The van der Waals surface area contributed by atoms with Gasteiger partial charge in [0.05, 0.1) is 27.8 Å². The van der Waals surface area contributed by atoms with Gasteiger partial charge >= 0.3 is 0 Å². The zero-order valence-electron chi connectivity index (χ0n) is 26.6. The Morgan fingerprint density at radius 1 is 0.531 bits per heavy atom. The highest BCUT2D eigenvalue weighted by Gasteiger charge is 2.20. The summed E-state index contributed by atoms with van der Waals surface area (Å²) >= 11 is 0. The molecule has 0 bridgehead atoms.